The number of carbonyl (C=O) groups is 1. The van der Waals surface area contributed by atoms with Crippen molar-refractivity contribution in [1.82, 2.24) is 10.3 Å². The van der Waals surface area contributed by atoms with E-state index in [-0.39, 0.29) is 17.1 Å². The SMILES string of the molecule is O=C(NCC1COCCO1)c1c[nH]ccc1=O. The van der Waals surface area contributed by atoms with E-state index >= 15 is 0 Å². The second-order valence-corrected chi connectivity index (χ2v) is 3.70. The van der Waals surface area contributed by atoms with Gasteiger partial charge in [0.25, 0.3) is 5.91 Å². The Hall–Kier alpha value is -1.66. The molecule has 1 aliphatic heterocycles. The Morgan fingerprint density at radius 2 is 2.41 bits per heavy atom. The summed E-state index contributed by atoms with van der Waals surface area (Å²) in [6.45, 7) is 1.92. The Labute approximate surface area is 97.9 Å². The number of hydrogen-bond donors (Lipinski definition) is 2. The van der Waals surface area contributed by atoms with Crippen molar-refractivity contribution in [3.8, 4) is 0 Å². The Morgan fingerprint density at radius 1 is 1.53 bits per heavy atom. The molecule has 6 heteroatoms. The summed E-state index contributed by atoms with van der Waals surface area (Å²) in [7, 11) is 0. The van der Waals surface area contributed by atoms with E-state index in [0.717, 1.165) is 0 Å². The number of ether oxygens (including phenoxy) is 2. The molecule has 92 valence electrons. The van der Waals surface area contributed by atoms with Crippen LogP contribution in [0.15, 0.2) is 23.3 Å². The molecule has 0 radical (unpaired) electrons. The molecular formula is C11H14N2O4. The lowest BCUT2D eigenvalue weighted by molar-refractivity contribution is -0.0855. The van der Waals surface area contributed by atoms with Gasteiger partial charge < -0.3 is 19.8 Å². The van der Waals surface area contributed by atoms with E-state index in [2.05, 4.69) is 10.3 Å². The standard InChI is InChI=1S/C11H14N2O4/c14-10-1-2-12-6-9(10)11(15)13-5-8-7-16-3-4-17-8/h1-2,6,8H,3-5,7H2,(H,12,14)(H,13,15). The van der Waals surface area contributed by atoms with Gasteiger partial charge in [-0.05, 0) is 0 Å². The zero-order chi connectivity index (χ0) is 12.1. The molecule has 2 rings (SSSR count). The number of amides is 1. The van der Waals surface area contributed by atoms with Crippen LogP contribution in [0.2, 0.25) is 0 Å². The molecule has 17 heavy (non-hydrogen) atoms. The molecule has 0 aromatic carbocycles. The normalized spacial score (nSPS) is 19.9. The lowest BCUT2D eigenvalue weighted by Gasteiger charge is -2.22. The molecule has 6 nitrogen and oxygen atoms in total. The highest BCUT2D eigenvalue weighted by Crippen LogP contribution is 1.99. The monoisotopic (exact) mass is 238 g/mol. The van der Waals surface area contributed by atoms with Crippen molar-refractivity contribution in [2.75, 3.05) is 26.4 Å². The molecule has 0 aliphatic carbocycles. The first kappa shape index (κ1) is 11.8. The number of pyridine rings is 1. The Kier molecular flexibility index (Phi) is 3.89. The largest absolute Gasteiger partial charge is 0.376 e. The summed E-state index contributed by atoms with van der Waals surface area (Å²) < 4.78 is 10.6. The number of carbonyl (C=O) groups excluding carboxylic acids is 1. The molecule has 0 saturated carbocycles. The first-order chi connectivity index (χ1) is 8.27. The van der Waals surface area contributed by atoms with E-state index in [1.54, 1.807) is 0 Å². The average Bonchev–Trinajstić information content (AvgIpc) is 2.38. The Morgan fingerprint density at radius 3 is 3.12 bits per heavy atom. The third kappa shape index (κ3) is 3.15. The summed E-state index contributed by atoms with van der Waals surface area (Å²) in [6, 6.07) is 1.31. The molecular weight excluding hydrogens is 224 g/mol. The van der Waals surface area contributed by atoms with Gasteiger partial charge in [-0.25, -0.2) is 0 Å². The summed E-state index contributed by atoms with van der Waals surface area (Å²) in [5.41, 5.74) is -0.203. The second-order valence-electron chi connectivity index (χ2n) is 3.70. The van der Waals surface area contributed by atoms with Crippen LogP contribution >= 0.6 is 0 Å². The molecule has 1 fully saturated rings. The first-order valence-electron chi connectivity index (χ1n) is 5.42. The average molecular weight is 238 g/mol. The van der Waals surface area contributed by atoms with Crippen LogP contribution in [-0.2, 0) is 9.47 Å². The highest BCUT2D eigenvalue weighted by molar-refractivity contribution is 5.93. The number of rotatable bonds is 3. The fourth-order valence-corrected chi connectivity index (χ4v) is 1.55. The number of hydrogen-bond acceptors (Lipinski definition) is 4. The maximum absolute atomic E-state index is 11.7. The van der Waals surface area contributed by atoms with E-state index < -0.39 is 5.91 Å². The molecule has 1 unspecified atom stereocenters. The van der Waals surface area contributed by atoms with Gasteiger partial charge in [0.1, 0.15) is 5.56 Å². The van der Waals surface area contributed by atoms with E-state index in [1.165, 1.54) is 18.5 Å². The van der Waals surface area contributed by atoms with E-state index in [1.807, 2.05) is 0 Å². The van der Waals surface area contributed by atoms with Crippen molar-refractivity contribution in [3.63, 3.8) is 0 Å². The Bertz CT molecular complexity index is 437. The molecule has 1 atom stereocenters. The maximum Gasteiger partial charge on any atom is 0.256 e. The molecule has 1 saturated heterocycles. The quantitative estimate of drug-likeness (QED) is 0.745. The molecule has 1 amide bonds. The van der Waals surface area contributed by atoms with E-state index in [0.29, 0.717) is 26.4 Å². The number of nitrogens with one attached hydrogen (secondary N) is 2. The summed E-state index contributed by atoms with van der Waals surface area (Å²) in [4.78, 5) is 25.8. The summed E-state index contributed by atoms with van der Waals surface area (Å²) >= 11 is 0. The van der Waals surface area contributed by atoms with Crippen LogP contribution in [0, 0.1) is 0 Å². The van der Waals surface area contributed by atoms with Crippen LogP contribution in [0.1, 0.15) is 10.4 Å². The molecule has 2 N–H and O–H groups in total. The summed E-state index contributed by atoms with van der Waals surface area (Å²) in [6.07, 6.45) is 2.73. The van der Waals surface area contributed by atoms with Gasteiger partial charge in [-0.3, -0.25) is 9.59 Å². The predicted octanol–water partition coefficient (Wildman–Crippen LogP) is -0.480. The van der Waals surface area contributed by atoms with E-state index in [4.69, 9.17) is 9.47 Å². The van der Waals surface area contributed by atoms with Crippen molar-refractivity contribution < 1.29 is 14.3 Å². The topological polar surface area (TPSA) is 80.4 Å². The minimum absolute atomic E-state index is 0.101. The maximum atomic E-state index is 11.7. The molecule has 0 spiro atoms. The van der Waals surface area contributed by atoms with Crippen molar-refractivity contribution in [2.24, 2.45) is 0 Å². The van der Waals surface area contributed by atoms with Gasteiger partial charge in [0.2, 0.25) is 0 Å². The number of H-pyrrole nitrogens is 1. The number of aromatic nitrogens is 1. The fraction of sp³-hybridized carbons (Fsp3) is 0.455. The minimum Gasteiger partial charge on any atom is -0.376 e. The first-order valence-corrected chi connectivity index (χ1v) is 5.42. The van der Waals surface area contributed by atoms with Gasteiger partial charge >= 0.3 is 0 Å². The zero-order valence-corrected chi connectivity index (χ0v) is 9.27. The highest BCUT2D eigenvalue weighted by atomic mass is 16.6. The van der Waals surface area contributed by atoms with E-state index in [9.17, 15) is 9.59 Å². The fourth-order valence-electron chi connectivity index (χ4n) is 1.55. The van der Waals surface area contributed by atoms with Crippen LogP contribution in [0.4, 0.5) is 0 Å². The van der Waals surface area contributed by atoms with Crippen molar-refractivity contribution >= 4 is 5.91 Å². The minimum atomic E-state index is -0.402. The van der Waals surface area contributed by atoms with Crippen molar-refractivity contribution in [2.45, 2.75) is 6.10 Å². The lowest BCUT2D eigenvalue weighted by atomic mass is 10.2. The van der Waals surface area contributed by atoms with Crippen molar-refractivity contribution in [1.29, 1.82) is 0 Å². The van der Waals surface area contributed by atoms with Gasteiger partial charge in [0, 0.05) is 25.0 Å². The molecule has 2 heterocycles. The number of aromatic amines is 1. The van der Waals surface area contributed by atoms with Crippen molar-refractivity contribution in [3.05, 3.63) is 34.2 Å². The second kappa shape index (κ2) is 5.60. The van der Waals surface area contributed by atoms with Crippen LogP contribution in [-0.4, -0.2) is 43.4 Å². The van der Waals surface area contributed by atoms with Crippen LogP contribution < -0.4 is 10.7 Å². The summed E-state index contributed by atoms with van der Waals surface area (Å²) in [5, 5.41) is 2.65. The van der Waals surface area contributed by atoms with Gasteiger partial charge in [-0.2, -0.15) is 0 Å². The van der Waals surface area contributed by atoms with Gasteiger partial charge in [-0.1, -0.05) is 0 Å². The van der Waals surface area contributed by atoms with Gasteiger partial charge in [0.15, 0.2) is 5.43 Å². The van der Waals surface area contributed by atoms with Gasteiger partial charge in [0.05, 0.1) is 25.9 Å². The molecule has 1 aliphatic rings. The molecule has 0 bridgehead atoms. The third-order valence-electron chi connectivity index (χ3n) is 2.44. The van der Waals surface area contributed by atoms with Gasteiger partial charge in [-0.15, -0.1) is 0 Å². The highest BCUT2D eigenvalue weighted by Gasteiger charge is 2.16. The summed E-state index contributed by atoms with van der Waals surface area (Å²) in [5.74, 6) is -0.402. The zero-order valence-electron chi connectivity index (χ0n) is 9.27. The van der Waals surface area contributed by atoms with Crippen LogP contribution in [0.5, 0.6) is 0 Å². The third-order valence-corrected chi connectivity index (χ3v) is 2.44. The van der Waals surface area contributed by atoms with Crippen LogP contribution in [0.3, 0.4) is 0 Å². The molecule has 1 aromatic heterocycles. The predicted molar refractivity (Wildman–Crippen MR) is 60.0 cm³/mol. The lowest BCUT2D eigenvalue weighted by Crippen LogP contribution is -2.40. The van der Waals surface area contributed by atoms with Crippen LogP contribution in [0.25, 0.3) is 0 Å². The Balaban J connectivity index is 1.89. The smallest absolute Gasteiger partial charge is 0.256 e. The molecule has 1 aromatic rings.